The first kappa shape index (κ1) is 19.8. The van der Waals surface area contributed by atoms with Crippen LogP contribution in [0.25, 0.3) is 0 Å². The SMILES string of the molecule is Cc1ccccc1CSC1=NCCN1C(=O)C(C)(C)Oc1ccc(Cl)cc1. The highest BCUT2D eigenvalue weighted by atomic mass is 35.5. The fourth-order valence-electron chi connectivity index (χ4n) is 2.82. The molecule has 1 heterocycles. The number of nitrogens with zero attached hydrogens (tertiary/aromatic N) is 2. The van der Waals surface area contributed by atoms with Gasteiger partial charge in [-0.25, -0.2) is 0 Å². The molecule has 1 aliphatic heterocycles. The van der Waals surface area contributed by atoms with Crippen LogP contribution in [0.2, 0.25) is 5.02 Å². The van der Waals surface area contributed by atoms with Crippen LogP contribution in [0.15, 0.2) is 53.5 Å². The number of amides is 1. The number of aliphatic imine (C=N–C) groups is 1. The zero-order valence-electron chi connectivity index (χ0n) is 15.7. The molecule has 1 amide bonds. The van der Waals surface area contributed by atoms with E-state index in [4.69, 9.17) is 16.3 Å². The summed E-state index contributed by atoms with van der Waals surface area (Å²) in [6, 6.07) is 15.3. The second-order valence-corrected chi connectivity index (χ2v) is 8.28. The van der Waals surface area contributed by atoms with Gasteiger partial charge in [0.25, 0.3) is 5.91 Å². The summed E-state index contributed by atoms with van der Waals surface area (Å²) in [7, 11) is 0. The van der Waals surface area contributed by atoms with Gasteiger partial charge in [0, 0.05) is 17.3 Å². The molecule has 1 aliphatic rings. The predicted molar refractivity (Wildman–Crippen MR) is 113 cm³/mol. The zero-order valence-corrected chi connectivity index (χ0v) is 17.3. The zero-order chi connectivity index (χ0) is 19.4. The van der Waals surface area contributed by atoms with Crippen molar-refractivity contribution in [1.29, 1.82) is 0 Å². The molecule has 0 spiro atoms. The summed E-state index contributed by atoms with van der Waals surface area (Å²) < 4.78 is 5.95. The molecule has 0 radical (unpaired) electrons. The Labute approximate surface area is 169 Å². The van der Waals surface area contributed by atoms with Crippen molar-refractivity contribution >= 4 is 34.4 Å². The average molecular weight is 403 g/mol. The lowest BCUT2D eigenvalue weighted by Crippen LogP contribution is -2.49. The number of benzene rings is 2. The number of hydrogen-bond donors (Lipinski definition) is 0. The Balaban J connectivity index is 1.66. The van der Waals surface area contributed by atoms with E-state index in [1.54, 1.807) is 54.8 Å². The van der Waals surface area contributed by atoms with Gasteiger partial charge in [0.2, 0.25) is 0 Å². The van der Waals surface area contributed by atoms with Crippen molar-refractivity contribution in [2.45, 2.75) is 32.1 Å². The number of halogens is 1. The third-order valence-electron chi connectivity index (χ3n) is 4.37. The molecular weight excluding hydrogens is 380 g/mol. The van der Waals surface area contributed by atoms with E-state index in [9.17, 15) is 4.79 Å². The second-order valence-electron chi connectivity index (χ2n) is 6.90. The minimum Gasteiger partial charge on any atom is -0.478 e. The highest BCUT2D eigenvalue weighted by Gasteiger charge is 2.38. The quantitative estimate of drug-likeness (QED) is 0.711. The van der Waals surface area contributed by atoms with E-state index in [2.05, 4.69) is 24.0 Å². The molecule has 2 aromatic rings. The number of aryl methyl sites for hydroxylation is 1. The van der Waals surface area contributed by atoms with Crippen molar-refractivity contribution in [1.82, 2.24) is 4.90 Å². The van der Waals surface area contributed by atoms with Crippen LogP contribution in [0.1, 0.15) is 25.0 Å². The number of hydrogen-bond acceptors (Lipinski definition) is 4. The van der Waals surface area contributed by atoms with Crippen molar-refractivity contribution in [3.05, 3.63) is 64.7 Å². The van der Waals surface area contributed by atoms with Crippen molar-refractivity contribution in [3.63, 3.8) is 0 Å². The van der Waals surface area contributed by atoms with Gasteiger partial charge in [-0.05, 0) is 56.2 Å². The molecule has 2 aromatic carbocycles. The molecule has 0 fully saturated rings. The number of ether oxygens (including phenoxy) is 1. The Bertz CT molecular complexity index is 850. The first-order valence-electron chi connectivity index (χ1n) is 8.85. The number of amidine groups is 1. The molecule has 0 aromatic heterocycles. The highest BCUT2D eigenvalue weighted by Crippen LogP contribution is 2.26. The fraction of sp³-hybridized carbons (Fsp3) is 0.333. The van der Waals surface area contributed by atoms with E-state index in [0.717, 1.165) is 10.9 Å². The van der Waals surface area contributed by atoms with E-state index in [1.165, 1.54) is 11.1 Å². The Morgan fingerprint density at radius 3 is 2.63 bits per heavy atom. The van der Waals surface area contributed by atoms with Gasteiger partial charge in [0.1, 0.15) is 5.75 Å². The number of carbonyl (C=O) groups excluding carboxylic acids is 1. The van der Waals surface area contributed by atoms with Gasteiger partial charge >= 0.3 is 0 Å². The molecule has 0 saturated heterocycles. The first-order chi connectivity index (χ1) is 12.9. The van der Waals surface area contributed by atoms with Crippen LogP contribution in [-0.2, 0) is 10.5 Å². The normalized spacial score (nSPS) is 14.2. The van der Waals surface area contributed by atoms with Gasteiger partial charge in [-0.1, -0.05) is 47.6 Å². The summed E-state index contributed by atoms with van der Waals surface area (Å²) >= 11 is 7.51. The standard InChI is InChI=1S/C21H23ClN2O2S/c1-15-6-4-5-7-16(15)14-27-20-23-12-13-24(20)19(25)21(2,3)26-18-10-8-17(22)9-11-18/h4-11H,12-14H2,1-3H3. The summed E-state index contributed by atoms with van der Waals surface area (Å²) in [6.45, 7) is 6.87. The van der Waals surface area contributed by atoms with Crippen LogP contribution in [0.5, 0.6) is 5.75 Å². The second kappa shape index (κ2) is 8.36. The lowest BCUT2D eigenvalue weighted by atomic mass is 10.1. The van der Waals surface area contributed by atoms with Gasteiger partial charge < -0.3 is 4.74 Å². The molecule has 4 nitrogen and oxygen atoms in total. The van der Waals surface area contributed by atoms with Crippen molar-refractivity contribution < 1.29 is 9.53 Å². The maximum absolute atomic E-state index is 13.1. The Hall–Kier alpha value is -1.98. The largest absolute Gasteiger partial charge is 0.478 e. The summed E-state index contributed by atoms with van der Waals surface area (Å²) in [5, 5.41) is 1.39. The lowest BCUT2D eigenvalue weighted by molar-refractivity contribution is -0.140. The minimum atomic E-state index is -0.998. The van der Waals surface area contributed by atoms with Crippen molar-refractivity contribution in [3.8, 4) is 5.75 Å². The van der Waals surface area contributed by atoms with Gasteiger partial charge in [-0.3, -0.25) is 14.7 Å². The van der Waals surface area contributed by atoms with Crippen LogP contribution < -0.4 is 4.74 Å². The molecule has 0 unspecified atom stereocenters. The predicted octanol–water partition coefficient (Wildman–Crippen LogP) is 4.94. The first-order valence-corrected chi connectivity index (χ1v) is 10.2. The molecule has 0 bridgehead atoms. The molecule has 3 rings (SSSR count). The molecule has 27 heavy (non-hydrogen) atoms. The Morgan fingerprint density at radius 2 is 1.93 bits per heavy atom. The third-order valence-corrected chi connectivity index (χ3v) is 5.68. The molecular formula is C21H23ClN2O2S. The molecule has 0 atom stereocenters. The van der Waals surface area contributed by atoms with E-state index in [0.29, 0.717) is 23.9 Å². The van der Waals surface area contributed by atoms with Gasteiger partial charge in [-0.2, -0.15) is 0 Å². The monoisotopic (exact) mass is 402 g/mol. The third kappa shape index (κ3) is 4.85. The summed E-state index contributed by atoms with van der Waals surface area (Å²) in [5.41, 5.74) is 1.50. The van der Waals surface area contributed by atoms with Crippen LogP contribution in [-0.4, -0.2) is 34.7 Å². The summed E-state index contributed by atoms with van der Waals surface area (Å²) in [4.78, 5) is 19.4. The van der Waals surface area contributed by atoms with Crippen molar-refractivity contribution in [2.24, 2.45) is 4.99 Å². The van der Waals surface area contributed by atoms with Crippen LogP contribution in [0.3, 0.4) is 0 Å². The maximum Gasteiger partial charge on any atom is 0.272 e. The van der Waals surface area contributed by atoms with Gasteiger partial charge in [-0.15, -0.1) is 0 Å². The number of rotatable bonds is 5. The van der Waals surface area contributed by atoms with Crippen LogP contribution in [0, 0.1) is 6.92 Å². The van der Waals surface area contributed by atoms with Crippen molar-refractivity contribution in [2.75, 3.05) is 13.1 Å². The molecule has 6 heteroatoms. The summed E-state index contributed by atoms with van der Waals surface area (Å²) in [5.74, 6) is 1.31. The number of thioether (sulfide) groups is 1. The van der Waals surface area contributed by atoms with E-state index >= 15 is 0 Å². The van der Waals surface area contributed by atoms with Crippen LogP contribution in [0.4, 0.5) is 0 Å². The van der Waals surface area contributed by atoms with Crippen LogP contribution >= 0.6 is 23.4 Å². The Kier molecular flexibility index (Phi) is 6.12. The number of carbonyl (C=O) groups is 1. The molecule has 0 N–H and O–H groups in total. The Morgan fingerprint density at radius 1 is 1.22 bits per heavy atom. The van der Waals surface area contributed by atoms with E-state index in [-0.39, 0.29) is 5.91 Å². The van der Waals surface area contributed by atoms with E-state index in [1.807, 2.05) is 12.1 Å². The molecule has 142 valence electrons. The summed E-state index contributed by atoms with van der Waals surface area (Å²) in [6.07, 6.45) is 0. The topological polar surface area (TPSA) is 41.9 Å². The lowest BCUT2D eigenvalue weighted by Gasteiger charge is -2.30. The molecule has 0 aliphatic carbocycles. The average Bonchev–Trinajstić information content (AvgIpc) is 3.10. The highest BCUT2D eigenvalue weighted by molar-refractivity contribution is 8.13. The van der Waals surface area contributed by atoms with E-state index < -0.39 is 5.60 Å². The fourth-order valence-corrected chi connectivity index (χ4v) is 4.07. The smallest absolute Gasteiger partial charge is 0.272 e. The van der Waals surface area contributed by atoms with Gasteiger partial charge in [0.15, 0.2) is 10.8 Å². The maximum atomic E-state index is 13.1. The van der Waals surface area contributed by atoms with Gasteiger partial charge in [0.05, 0.1) is 6.54 Å². The minimum absolute atomic E-state index is 0.0917. The molecule has 0 saturated carbocycles.